The molecule has 264 valence electrons. The fourth-order valence-corrected chi connectivity index (χ4v) is 4.66. The predicted molar refractivity (Wildman–Crippen MR) is 180 cm³/mol. The van der Waals surface area contributed by atoms with Gasteiger partial charge in [-0.2, -0.15) is 0 Å². The van der Waals surface area contributed by atoms with Crippen molar-refractivity contribution in [2.24, 2.45) is 11.8 Å². The summed E-state index contributed by atoms with van der Waals surface area (Å²) in [5.74, 6) is -2.22. The molecule has 0 spiro atoms. The zero-order chi connectivity index (χ0) is 35.9. The first-order valence-corrected chi connectivity index (χ1v) is 16.1. The molecule has 0 saturated heterocycles. The zero-order valence-corrected chi connectivity index (χ0v) is 29.8. The topological polar surface area (TPSA) is 144 Å². The van der Waals surface area contributed by atoms with Crippen molar-refractivity contribution >= 4 is 29.8 Å². The number of amides is 4. The van der Waals surface area contributed by atoms with Crippen molar-refractivity contribution in [3.63, 3.8) is 0 Å². The Hall–Kier alpha value is -3.93. The summed E-state index contributed by atoms with van der Waals surface area (Å²) < 4.78 is 16.5. The van der Waals surface area contributed by atoms with E-state index in [0.717, 1.165) is 10.5 Å². The first-order chi connectivity index (χ1) is 21.9. The van der Waals surface area contributed by atoms with Gasteiger partial charge in [-0.05, 0) is 57.9 Å². The molecular weight excluding hydrogens is 604 g/mol. The molecule has 47 heavy (non-hydrogen) atoms. The third-order valence-corrected chi connectivity index (χ3v) is 7.00. The average molecular weight is 661 g/mol. The lowest BCUT2D eigenvalue weighted by atomic mass is 9.98. The standard InChI is InChI=1S/C35H56N4O8/c1-12-18-45-29(40)21-38(10)33(43)30(25(6)46-22-26-16-14-13-15-17-26)37-31(41)28(20-24(4)5)39(11)32(42)27(19-23(2)3)36-34(44)47-35(7,8)9/h12-17,23-25,27-28,30H,1,18-22H2,2-11H3,(H,36,44)(H,37,41)/t25?,27?,28?,30-/m0/s1. The van der Waals surface area contributed by atoms with Crippen LogP contribution in [0.1, 0.15) is 73.8 Å². The second-order valence-electron chi connectivity index (χ2n) is 13.6. The van der Waals surface area contributed by atoms with Crippen LogP contribution in [-0.4, -0.2) is 96.7 Å². The molecule has 2 N–H and O–H groups in total. The molecule has 0 bridgehead atoms. The van der Waals surface area contributed by atoms with E-state index in [2.05, 4.69) is 17.2 Å². The summed E-state index contributed by atoms with van der Waals surface area (Å²) >= 11 is 0. The minimum absolute atomic E-state index is 0.00451. The Kier molecular flexibility index (Phi) is 17.2. The van der Waals surface area contributed by atoms with Gasteiger partial charge in [0, 0.05) is 14.1 Å². The first-order valence-electron chi connectivity index (χ1n) is 16.1. The van der Waals surface area contributed by atoms with E-state index in [9.17, 15) is 24.0 Å². The van der Waals surface area contributed by atoms with Gasteiger partial charge in [-0.15, -0.1) is 0 Å². The van der Waals surface area contributed by atoms with E-state index in [1.54, 1.807) is 27.7 Å². The minimum atomic E-state index is -1.20. The fraction of sp³-hybridized carbons (Fsp3) is 0.629. The maximum atomic E-state index is 14.0. The van der Waals surface area contributed by atoms with E-state index in [4.69, 9.17) is 14.2 Å². The number of hydrogen-bond donors (Lipinski definition) is 2. The Labute approximate surface area is 280 Å². The molecule has 0 heterocycles. The molecule has 1 rings (SSSR count). The third-order valence-electron chi connectivity index (χ3n) is 7.00. The normalized spacial score (nSPS) is 14.0. The smallest absolute Gasteiger partial charge is 0.408 e. The van der Waals surface area contributed by atoms with E-state index >= 15 is 0 Å². The predicted octanol–water partition coefficient (Wildman–Crippen LogP) is 4.08. The van der Waals surface area contributed by atoms with Gasteiger partial charge in [-0.3, -0.25) is 19.2 Å². The van der Waals surface area contributed by atoms with E-state index in [-0.39, 0.29) is 38.0 Å². The molecule has 3 unspecified atom stereocenters. The van der Waals surface area contributed by atoms with Crippen LogP contribution in [0.3, 0.4) is 0 Å². The summed E-state index contributed by atoms with van der Waals surface area (Å²) in [7, 11) is 2.94. The van der Waals surface area contributed by atoms with Gasteiger partial charge >= 0.3 is 12.1 Å². The van der Waals surface area contributed by atoms with E-state index in [0.29, 0.717) is 6.42 Å². The van der Waals surface area contributed by atoms with Gasteiger partial charge in [-0.1, -0.05) is 70.7 Å². The van der Waals surface area contributed by atoms with Crippen LogP contribution in [0, 0.1) is 11.8 Å². The van der Waals surface area contributed by atoms with Crippen LogP contribution in [0.15, 0.2) is 43.0 Å². The Morgan fingerprint density at radius 3 is 2.02 bits per heavy atom. The minimum Gasteiger partial charge on any atom is -0.460 e. The second-order valence-corrected chi connectivity index (χ2v) is 13.6. The highest BCUT2D eigenvalue weighted by Gasteiger charge is 2.37. The van der Waals surface area contributed by atoms with Crippen LogP contribution in [0.5, 0.6) is 0 Å². The molecule has 0 aliphatic rings. The lowest BCUT2D eigenvalue weighted by Crippen LogP contribution is -2.60. The van der Waals surface area contributed by atoms with Crippen molar-refractivity contribution in [3.05, 3.63) is 48.6 Å². The largest absolute Gasteiger partial charge is 0.460 e. The molecule has 12 nitrogen and oxygen atoms in total. The van der Waals surface area contributed by atoms with Crippen LogP contribution in [0.4, 0.5) is 4.79 Å². The molecule has 0 aromatic heterocycles. The summed E-state index contributed by atoms with van der Waals surface area (Å²) in [6.07, 6.45) is 0.458. The molecule has 0 aliphatic heterocycles. The fourth-order valence-electron chi connectivity index (χ4n) is 4.66. The van der Waals surface area contributed by atoms with Gasteiger partial charge < -0.3 is 34.6 Å². The van der Waals surface area contributed by atoms with E-state index in [1.165, 1.54) is 25.1 Å². The highest BCUT2D eigenvalue weighted by molar-refractivity contribution is 5.94. The maximum absolute atomic E-state index is 14.0. The quantitative estimate of drug-likeness (QED) is 0.177. The molecule has 4 amide bonds. The maximum Gasteiger partial charge on any atom is 0.408 e. The highest BCUT2D eigenvalue weighted by atomic mass is 16.6. The SMILES string of the molecule is C=CCOC(=O)CN(C)C(=O)[C@@H](NC(=O)C(CC(C)C)N(C)C(=O)C(CC(C)C)NC(=O)OC(C)(C)C)C(C)OCc1ccccc1. The third kappa shape index (κ3) is 15.5. The van der Waals surface area contributed by atoms with Crippen molar-refractivity contribution in [3.8, 4) is 0 Å². The van der Waals surface area contributed by atoms with Gasteiger partial charge in [0.15, 0.2) is 0 Å². The van der Waals surface area contributed by atoms with Crippen LogP contribution >= 0.6 is 0 Å². The second kappa shape index (κ2) is 19.7. The van der Waals surface area contributed by atoms with Crippen LogP contribution in [0.25, 0.3) is 0 Å². The number of esters is 1. The van der Waals surface area contributed by atoms with E-state index < -0.39 is 59.6 Å². The molecular formula is C35H56N4O8. The molecule has 0 fully saturated rings. The molecule has 4 atom stereocenters. The summed E-state index contributed by atoms with van der Waals surface area (Å²) in [5.41, 5.74) is 0.104. The van der Waals surface area contributed by atoms with Gasteiger partial charge in [0.2, 0.25) is 17.7 Å². The number of ether oxygens (including phenoxy) is 3. The summed E-state index contributed by atoms with van der Waals surface area (Å²) in [6.45, 7) is 17.8. The van der Waals surface area contributed by atoms with Crippen LogP contribution in [0.2, 0.25) is 0 Å². The van der Waals surface area contributed by atoms with Crippen LogP contribution < -0.4 is 10.6 Å². The zero-order valence-electron chi connectivity index (χ0n) is 29.8. The summed E-state index contributed by atoms with van der Waals surface area (Å²) in [6, 6.07) is 6.22. The Balaban J connectivity index is 3.33. The number of nitrogens with one attached hydrogen (secondary N) is 2. The highest BCUT2D eigenvalue weighted by Crippen LogP contribution is 2.17. The van der Waals surface area contributed by atoms with Crippen molar-refractivity contribution in [2.45, 2.75) is 105 Å². The lowest BCUT2D eigenvalue weighted by molar-refractivity contribution is -0.150. The molecule has 0 aliphatic carbocycles. The van der Waals surface area contributed by atoms with Crippen LogP contribution in [-0.2, 0) is 40.0 Å². The van der Waals surface area contributed by atoms with Gasteiger partial charge in [0.25, 0.3) is 0 Å². The molecule has 0 saturated carbocycles. The van der Waals surface area contributed by atoms with Crippen molar-refractivity contribution in [1.82, 2.24) is 20.4 Å². The molecule has 12 heteroatoms. The van der Waals surface area contributed by atoms with Crippen molar-refractivity contribution in [2.75, 3.05) is 27.2 Å². The summed E-state index contributed by atoms with van der Waals surface area (Å²) in [5, 5.41) is 5.49. The van der Waals surface area contributed by atoms with Gasteiger partial charge in [-0.25, -0.2) is 4.79 Å². The number of benzene rings is 1. The van der Waals surface area contributed by atoms with Crippen molar-refractivity contribution in [1.29, 1.82) is 0 Å². The number of nitrogens with zero attached hydrogens (tertiary/aromatic N) is 2. The average Bonchev–Trinajstić information content (AvgIpc) is 2.97. The van der Waals surface area contributed by atoms with E-state index in [1.807, 2.05) is 58.0 Å². The Bertz CT molecular complexity index is 1180. The Morgan fingerprint density at radius 1 is 0.894 bits per heavy atom. The number of carbonyl (C=O) groups excluding carboxylic acids is 5. The Morgan fingerprint density at radius 2 is 1.49 bits per heavy atom. The molecule has 0 radical (unpaired) electrons. The van der Waals surface area contributed by atoms with Gasteiger partial charge in [0.05, 0.1) is 12.7 Å². The molecule has 1 aromatic carbocycles. The van der Waals surface area contributed by atoms with Gasteiger partial charge in [0.1, 0.15) is 36.9 Å². The number of rotatable bonds is 18. The number of likely N-dealkylation sites (N-methyl/N-ethyl adjacent to an activating group) is 2. The number of alkyl carbamates (subject to hydrolysis) is 1. The first kappa shape index (κ1) is 41.1. The van der Waals surface area contributed by atoms with Crippen molar-refractivity contribution < 1.29 is 38.2 Å². The number of carbonyl (C=O) groups is 5. The number of hydrogen-bond acceptors (Lipinski definition) is 8. The monoisotopic (exact) mass is 660 g/mol. The lowest BCUT2D eigenvalue weighted by Gasteiger charge is -2.35. The summed E-state index contributed by atoms with van der Waals surface area (Å²) in [4.78, 5) is 69.0. The molecule has 1 aromatic rings.